The van der Waals surface area contributed by atoms with Gasteiger partial charge in [-0.05, 0) is 24.1 Å². The van der Waals surface area contributed by atoms with Crippen molar-refractivity contribution in [2.45, 2.75) is 13.0 Å². The second kappa shape index (κ2) is 5.35. The molecule has 0 aliphatic carbocycles. The largest absolute Gasteiger partial charge is 0.383 e. The van der Waals surface area contributed by atoms with Gasteiger partial charge in [0.15, 0.2) is 0 Å². The van der Waals surface area contributed by atoms with E-state index in [1.165, 1.54) is 0 Å². The molecule has 0 aliphatic rings. The van der Waals surface area contributed by atoms with Gasteiger partial charge in [-0.15, -0.1) is 0 Å². The summed E-state index contributed by atoms with van der Waals surface area (Å²) < 4.78 is 40.8. The molecule has 0 amide bonds. The van der Waals surface area contributed by atoms with Crippen LogP contribution in [-0.4, -0.2) is 5.11 Å². The molecule has 0 aliphatic heterocycles. The SMILES string of the molecule is Cc1c(Br)cccc1C(O)c1c(F)cc(F)cc1F. The standard InChI is InChI=1S/C14H10BrF3O/c1-7-9(3-2-4-10(7)15)14(19)13-11(17)5-8(16)6-12(13)18/h2-6,14,19H,1H3. The maximum Gasteiger partial charge on any atom is 0.135 e. The summed E-state index contributed by atoms with van der Waals surface area (Å²) in [5, 5.41) is 10.1. The molecule has 1 atom stereocenters. The molecule has 1 unspecified atom stereocenters. The van der Waals surface area contributed by atoms with Gasteiger partial charge < -0.3 is 5.11 Å². The van der Waals surface area contributed by atoms with Crippen molar-refractivity contribution in [1.29, 1.82) is 0 Å². The van der Waals surface area contributed by atoms with Gasteiger partial charge in [-0.3, -0.25) is 0 Å². The molecule has 2 rings (SSSR count). The zero-order chi connectivity index (χ0) is 14.2. The molecule has 0 saturated carbocycles. The fraction of sp³-hybridized carbons (Fsp3) is 0.143. The third-order valence-corrected chi connectivity index (χ3v) is 3.78. The maximum atomic E-state index is 13.6. The lowest BCUT2D eigenvalue weighted by atomic mass is 9.97. The summed E-state index contributed by atoms with van der Waals surface area (Å²) in [4.78, 5) is 0. The minimum atomic E-state index is -1.49. The first-order chi connectivity index (χ1) is 8.91. The van der Waals surface area contributed by atoms with Crippen LogP contribution in [0, 0.1) is 24.4 Å². The molecule has 1 nitrogen and oxygen atoms in total. The van der Waals surface area contributed by atoms with Gasteiger partial charge in [0.1, 0.15) is 23.6 Å². The Balaban J connectivity index is 2.56. The van der Waals surface area contributed by atoms with E-state index < -0.39 is 29.1 Å². The molecule has 5 heteroatoms. The Bertz CT molecular complexity index is 605. The Morgan fingerprint density at radius 3 is 2.26 bits per heavy atom. The Kier molecular flexibility index (Phi) is 3.96. The number of hydrogen-bond donors (Lipinski definition) is 1. The van der Waals surface area contributed by atoms with E-state index in [0.29, 0.717) is 27.7 Å². The van der Waals surface area contributed by atoms with Crippen LogP contribution in [0.1, 0.15) is 22.8 Å². The van der Waals surface area contributed by atoms with E-state index >= 15 is 0 Å². The molecule has 0 bridgehead atoms. The van der Waals surface area contributed by atoms with Crippen LogP contribution >= 0.6 is 15.9 Å². The molecule has 2 aromatic carbocycles. The molecular formula is C14H10BrF3O. The van der Waals surface area contributed by atoms with Crippen molar-refractivity contribution in [3.63, 3.8) is 0 Å². The third kappa shape index (κ3) is 2.67. The molecule has 100 valence electrons. The number of rotatable bonds is 2. The van der Waals surface area contributed by atoms with Gasteiger partial charge >= 0.3 is 0 Å². The number of aliphatic hydroxyl groups is 1. The second-order valence-electron chi connectivity index (χ2n) is 4.14. The van der Waals surface area contributed by atoms with Crippen LogP contribution in [-0.2, 0) is 0 Å². The van der Waals surface area contributed by atoms with Crippen LogP contribution in [0.2, 0.25) is 0 Å². The Labute approximate surface area is 116 Å². The summed E-state index contributed by atoms with van der Waals surface area (Å²) in [5.41, 5.74) is 0.472. The first-order valence-electron chi connectivity index (χ1n) is 5.49. The van der Waals surface area contributed by atoms with Crippen molar-refractivity contribution < 1.29 is 18.3 Å². The predicted molar refractivity (Wildman–Crippen MR) is 69.3 cm³/mol. The predicted octanol–water partition coefficient (Wildman–Crippen LogP) is 4.26. The first kappa shape index (κ1) is 14.1. The van der Waals surface area contributed by atoms with Crippen molar-refractivity contribution >= 4 is 15.9 Å². The maximum absolute atomic E-state index is 13.6. The van der Waals surface area contributed by atoms with E-state index in [4.69, 9.17) is 0 Å². The highest BCUT2D eigenvalue weighted by Gasteiger charge is 2.22. The van der Waals surface area contributed by atoms with Crippen LogP contribution in [0.25, 0.3) is 0 Å². The van der Waals surface area contributed by atoms with Crippen LogP contribution < -0.4 is 0 Å². The van der Waals surface area contributed by atoms with Crippen molar-refractivity contribution in [3.8, 4) is 0 Å². The second-order valence-corrected chi connectivity index (χ2v) is 4.99. The zero-order valence-electron chi connectivity index (χ0n) is 9.92. The molecular weight excluding hydrogens is 321 g/mol. The van der Waals surface area contributed by atoms with Gasteiger partial charge in [0.25, 0.3) is 0 Å². The molecule has 1 N–H and O–H groups in total. The quantitative estimate of drug-likeness (QED) is 0.872. The number of halogens is 4. The average molecular weight is 331 g/mol. The minimum absolute atomic E-state index is 0.360. The monoisotopic (exact) mass is 330 g/mol. The van der Waals surface area contributed by atoms with Gasteiger partial charge in [-0.2, -0.15) is 0 Å². The summed E-state index contributed by atoms with van der Waals surface area (Å²) in [6.07, 6.45) is -1.49. The van der Waals surface area contributed by atoms with Crippen LogP contribution in [0.5, 0.6) is 0 Å². The third-order valence-electron chi connectivity index (χ3n) is 2.92. The van der Waals surface area contributed by atoms with Gasteiger partial charge in [-0.25, -0.2) is 13.2 Å². The summed E-state index contributed by atoms with van der Waals surface area (Å²) >= 11 is 3.28. The first-order valence-corrected chi connectivity index (χ1v) is 6.28. The highest BCUT2D eigenvalue weighted by atomic mass is 79.9. The zero-order valence-corrected chi connectivity index (χ0v) is 11.5. The molecule has 2 aromatic rings. The van der Waals surface area contributed by atoms with Gasteiger partial charge in [0, 0.05) is 16.6 Å². The highest BCUT2D eigenvalue weighted by Crippen LogP contribution is 2.31. The fourth-order valence-corrected chi connectivity index (χ4v) is 2.27. The smallest absolute Gasteiger partial charge is 0.135 e. The summed E-state index contributed by atoms with van der Waals surface area (Å²) in [5.74, 6) is -3.23. The molecule has 0 fully saturated rings. The molecule has 0 heterocycles. The number of hydrogen-bond acceptors (Lipinski definition) is 1. The van der Waals surface area contributed by atoms with E-state index in [1.54, 1.807) is 25.1 Å². The van der Waals surface area contributed by atoms with Gasteiger partial charge in [0.05, 0.1) is 5.56 Å². The van der Waals surface area contributed by atoms with E-state index in [9.17, 15) is 18.3 Å². The lowest BCUT2D eigenvalue weighted by molar-refractivity contribution is 0.208. The van der Waals surface area contributed by atoms with Crippen molar-refractivity contribution in [1.82, 2.24) is 0 Å². The summed E-state index contributed by atoms with van der Waals surface area (Å²) in [6.45, 7) is 1.71. The van der Waals surface area contributed by atoms with E-state index in [1.807, 2.05) is 0 Å². The van der Waals surface area contributed by atoms with Crippen molar-refractivity contribution in [2.24, 2.45) is 0 Å². The van der Waals surface area contributed by atoms with Crippen LogP contribution in [0.4, 0.5) is 13.2 Å². The van der Waals surface area contributed by atoms with Gasteiger partial charge in [-0.1, -0.05) is 28.1 Å². The lowest BCUT2D eigenvalue weighted by Crippen LogP contribution is -2.08. The molecule has 0 radical (unpaired) electrons. The van der Waals surface area contributed by atoms with E-state index in [2.05, 4.69) is 15.9 Å². The molecule has 19 heavy (non-hydrogen) atoms. The normalized spacial score (nSPS) is 12.5. The van der Waals surface area contributed by atoms with E-state index in [-0.39, 0.29) is 0 Å². The Morgan fingerprint density at radius 2 is 1.68 bits per heavy atom. The topological polar surface area (TPSA) is 20.2 Å². The van der Waals surface area contributed by atoms with E-state index in [0.717, 1.165) is 0 Å². The number of benzene rings is 2. The molecule has 0 saturated heterocycles. The summed E-state index contributed by atoms with van der Waals surface area (Å²) in [7, 11) is 0. The van der Waals surface area contributed by atoms with Crippen molar-refractivity contribution in [3.05, 3.63) is 68.9 Å². The number of aliphatic hydroxyl groups excluding tert-OH is 1. The lowest BCUT2D eigenvalue weighted by Gasteiger charge is -2.16. The Morgan fingerprint density at radius 1 is 1.11 bits per heavy atom. The highest BCUT2D eigenvalue weighted by molar-refractivity contribution is 9.10. The van der Waals surface area contributed by atoms with Gasteiger partial charge in [0.2, 0.25) is 0 Å². The summed E-state index contributed by atoms with van der Waals surface area (Å²) in [6, 6.07) is 6.06. The minimum Gasteiger partial charge on any atom is -0.383 e. The molecule has 0 spiro atoms. The molecule has 0 aromatic heterocycles. The Hall–Kier alpha value is -1.33. The fourth-order valence-electron chi connectivity index (χ4n) is 1.89. The van der Waals surface area contributed by atoms with Crippen LogP contribution in [0.15, 0.2) is 34.8 Å². The van der Waals surface area contributed by atoms with Crippen LogP contribution in [0.3, 0.4) is 0 Å². The average Bonchev–Trinajstić information content (AvgIpc) is 2.31. The van der Waals surface area contributed by atoms with Crippen molar-refractivity contribution in [2.75, 3.05) is 0 Å².